The number of oxazole rings is 1. The Morgan fingerprint density at radius 2 is 0.703 bits per heavy atom. The number of fused-ring (bicyclic) bond motifs is 5. The van der Waals surface area contributed by atoms with E-state index in [1.807, 2.05) is 121 Å². The smallest absolute Gasteiger partial charge is 0.270 e. The highest BCUT2D eigenvalue weighted by molar-refractivity contribution is 8.15. The molecule has 15 aromatic carbocycles. The third-order valence-corrected chi connectivity index (χ3v) is 29.4. The molecule has 0 radical (unpaired) electrons. The first-order valence-corrected chi connectivity index (χ1v) is 51.7. The summed E-state index contributed by atoms with van der Waals surface area (Å²) in [6.45, 7) is 7.82. The van der Waals surface area contributed by atoms with Crippen LogP contribution in [-0.4, -0.2) is 134 Å². The molecule has 148 heavy (non-hydrogen) atoms. The average Bonchev–Trinajstić information content (AvgIpc) is 1.68. The van der Waals surface area contributed by atoms with E-state index in [4.69, 9.17) is 9.15 Å². The van der Waals surface area contributed by atoms with Gasteiger partial charge in [0.2, 0.25) is 5.04 Å². The van der Waals surface area contributed by atoms with Crippen molar-refractivity contribution in [2.45, 2.75) is 73.1 Å². The Hall–Kier alpha value is -16.7. The second kappa shape index (κ2) is 49.3. The molecule has 0 atom stereocenters. The summed E-state index contributed by atoms with van der Waals surface area (Å²) in [5.74, 6) is 4.03. The summed E-state index contributed by atoms with van der Waals surface area (Å²) < 4.78 is 10.8. The Balaban J connectivity index is 0.000000132. The predicted octanol–water partition coefficient (Wildman–Crippen LogP) is 25.5. The molecule has 6 heterocycles. The molecular formula is C117H93N15O11S5. The third kappa shape index (κ3) is 27.3. The van der Waals surface area contributed by atoms with Crippen molar-refractivity contribution in [1.29, 1.82) is 10.5 Å². The second-order valence-corrected chi connectivity index (χ2v) is 40.2. The highest BCUT2D eigenvalue weighted by Gasteiger charge is 2.27. The summed E-state index contributed by atoms with van der Waals surface area (Å²) >= 11 is 7.12. The van der Waals surface area contributed by atoms with E-state index >= 15 is 0 Å². The van der Waals surface area contributed by atoms with Crippen molar-refractivity contribution >= 4 is 207 Å². The van der Waals surface area contributed by atoms with Crippen LogP contribution in [0.2, 0.25) is 0 Å². The number of nitrogens with zero attached hydrogens (tertiary/aromatic N) is 14. The predicted molar refractivity (Wildman–Crippen MR) is 604 cm³/mol. The van der Waals surface area contributed by atoms with Crippen molar-refractivity contribution in [1.82, 2.24) is 4.98 Å². The lowest BCUT2D eigenvalue weighted by molar-refractivity contribution is -0.455. The zero-order chi connectivity index (χ0) is 102. The van der Waals surface area contributed by atoms with Gasteiger partial charge in [-0.15, -0.1) is 72.4 Å². The number of hydrogen-bond donors (Lipinski definition) is 1. The molecule has 21 rings (SSSR count). The number of Topliss-reactive ketones (excluding diaryl/α,β-unsaturated/α-hetero) is 5. The van der Waals surface area contributed by atoms with Gasteiger partial charge in [-0.2, -0.15) is 30.9 Å². The second-order valence-electron chi connectivity index (χ2n) is 35.0. The molecule has 16 aromatic rings. The number of hydrazone groups is 1. The standard InChI is InChI=1S/C25H19N3O2S.C24H19N3OS.C23H19N3O4S.C23H17N3OS.C22H17N3O2S.H2O/c1-16(29)14-31-25-12-23(27-28-25)21-9-20(10-22(11-21)24-13-26-15-30-24)19-7-6-17-4-2-3-5-18(17)8-19;1-16(28)15-29-24-14-23(26-27-24)22-11-17(8-9-25)10-21(13-22)20-7-6-18-4-2-3-5-19(18)12-20;1-14(27)13-31-23-12-22(24-25-23)19-8-18(9-20(10-19)26(28)29)16-3-4-17-11-21(30-2)6-5-15(17)7-16;1-15(27)14-28-23-12-22(25-26-23)21-9-16(13-24)8-20(11-21)19-7-6-17-4-2-3-5-18(17)10-19;1-14(26)13-28-22-12-21(23-24-22)19-9-18(10-20(11-19)25-27)17-7-6-15-4-2-3-5-16(15)8-17;/h2-11,13,15H,12,14H2,1H3;2-7,10-13H,8,14-15H2,1H3;3-11H,12-13H2,1-2H3;2-11H,12,14H2,1H3;2-11H,12-13H2,1H3;1H2. The number of nitroso groups, excluding NO2 is 1. The summed E-state index contributed by atoms with van der Waals surface area (Å²) in [4.78, 5) is 82.6. The highest BCUT2D eigenvalue weighted by atomic mass is 32.2. The number of methoxy groups -OCH3 is 1. The maximum atomic E-state index is 11.6. The van der Waals surface area contributed by atoms with E-state index in [0.717, 1.165) is 164 Å². The number of thioether (sulfide) groups is 5. The molecule has 1 aromatic heterocycles. The molecule has 732 valence electrons. The molecule has 26 nitrogen and oxygen atoms in total. The minimum Gasteiger partial charge on any atom is -0.870 e. The molecule has 0 fully saturated rings. The van der Waals surface area contributed by atoms with E-state index < -0.39 is 4.92 Å². The van der Waals surface area contributed by atoms with Gasteiger partial charge >= 0.3 is 0 Å². The number of nitriles is 2. The molecule has 0 saturated carbocycles. The van der Waals surface area contributed by atoms with Gasteiger partial charge in [-0.1, -0.05) is 187 Å². The van der Waals surface area contributed by atoms with Crippen LogP contribution >= 0.6 is 58.8 Å². The van der Waals surface area contributed by atoms with Crippen molar-refractivity contribution in [3.05, 3.63) is 364 Å². The topological polar surface area (TPSA) is 396 Å². The van der Waals surface area contributed by atoms with Crippen LogP contribution in [0.3, 0.4) is 0 Å². The molecule has 0 bridgehead atoms. The van der Waals surface area contributed by atoms with Crippen LogP contribution in [0.25, 0.3) is 121 Å². The average molecular weight is 2050 g/mol. The number of carbonyl (C=O) groups is 5. The molecule has 2 N–H and O–H groups in total. The van der Waals surface area contributed by atoms with Gasteiger partial charge in [0.1, 0.15) is 66.2 Å². The Morgan fingerprint density at radius 3 is 1.11 bits per heavy atom. The minimum absolute atomic E-state index is 0. The fourth-order valence-corrected chi connectivity index (χ4v) is 20.1. The van der Waals surface area contributed by atoms with Gasteiger partial charge in [0.15, 0.2) is 12.2 Å². The molecule has 0 saturated heterocycles. The zero-order valence-corrected chi connectivity index (χ0v) is 85.1. The number of nitro groups is 1. The number of rotatable bonds is 25. The van der Waals surface area contributed by atoms with E-state index in [1.165, 1.54) is 111 Å². The van der Waals surface area contributed by atoms with E-state index in [1.54, 1.807) is 59.2 Å². The molecule has 0 spiro atoms. The lowest BCUT2D eigenvalue weighted by Crippen LogP contribution is -2.62. The largest absolute Gasteiger partial charge is 0.870 e. The molecule has 5 aliphatic heterocycles. The number of ketones is 5. The van der Waals surface area contributed by atoms with Gasteiger partial charge in [0.05, 0.1) is 100 Å². The van der Waals surface area contributed by atoms with Crippen LogP contribution in [0.15, 0.2) is 365 Å². The number of nitro benzene ring substituents is 1. The Kier molecular flexibility index (Phi) is 34.7. The van der Waals surface area contributed by atoms with E-state index in [0.29, 0.717) is 95.6 Å². The van der Waals surface area contributed by atoms with Gasteiger partial charge in [0, 0.05) is 60.1 Å². The molecule has 0 unspecified atom stereocenters. The van der Waals surface area contributed by atoms with Crippen molar-refractivity contribution in [3.8, 4) is 84.8 Å². The van der Waals surface area contributed by atoms with Crippen molar-refractivity contribution in [2.75, 3.05) is 35.9 Å². The number of carbonyl (C=O) groups excluding carboxylic acids is 5. The first-order valence-electron chi connectivity index (χ1n) is 46.7. The lowest BCUT2D eigenvalue weighted by atomic mass is 9.94. The van der Waals surface area contributed by atoms with Gasteiger partial charge in [-0.3, -0.25) is 34.1 Å². The molecule has 31 heteroatoms. The number of aromatic nitrogens is 1. The van der Waals surface area contributed by atoms with E-state index in [2.05, 4.69) is 225 Å². The van der Waals surface area contributed by atoms with Crippen LogP contribution < -0.4 is 9.84 Å². The van der Waals surface area contributed by atoms with E-state index in [-0.39, 0.29) is 40.1 Å². The normalized spacial score (nSPS) is 13.1. The SMILES string of the molecule is CC(=O)CSC1=NN=C(c2cc(-c3ccc4ccccc4c3)cc(-c3cnco3)c2)C1.CC(=O)CSC1=NN=C(c2cc(C#N)cc(-c3ccc4ccccc4c3)c2)C1.CC(=O)CSC1=NN=C(c2cc(CC#N)cc(-c3ccc4ccccc4c3)c2)C1.CC(=O)CSC1=[NH+]N=C(c2cc(N=O)cc(-c3ccc4ccccc4c3)c2)C1.COc1ccc2cc(-c3cc(C4=NN=C(SCC(C)=O)C4)cc([N+](=O)[O-])c3)ccc2c1.[OH-]. The van der Waals surface area contributed by atoms with Crippen LogP contribution in [0.4, 0.5) is 11.4 Å². The monoisotopic (exact) mass is 2040 g/mol. The number of non-ortho nitro benzene ring substituents is 1. The minimum atomic E-state index is -0.402. The molecule has 5 aliphatic rings. The number of benzene rings is 15. The van der Waals surface area contributed by atoms with Crippen LogP contribution in [0.1, 0.15) is 106 Å². The molecular weight excluding hydrogens is 1950 g/mol. The summed E-state index contributed by atoms with van der Waals surface area (Å²) in [5.41, 5.74) is 21.2. The molecule has 0 aliphatic carbocycles. The quantitative estimate of drug-likeness (QED) is 0.0315. The Labute approximate surface area is 873 Å². The first-order chi connectivity index (χ1) is 71.4. The highest BCUT2D eigenvalue weighted by Crippen LogP contribution is 2.39. The maximum absolute atomic E-state index is 11.6. The number of nitrogens with one attached hydrogen (secondary N) is 1. The summed E-state index contributed by atoms with van der Waals surface area (Å²) in [5, 5.41) is 90.5. The van der Waals surface area contributed by atoms with Crippen molar-refractivity contribution in [3.63, 3.8) is 0 Å². The summed E-state index contributed by atoms with van der Waals surface area (Å²) in [6.07, 6.45) is 6.38. The third-order valence-electron chi connectivity index (χ3n) is 23.8. The summed E-state index contributed by atoms with van der Waals surface area (Å²) in [6, 6.07) is 103. The lowest BCUT2D eigenvalue weighted by Gasteiger charge is -2.10. The van der Waals surface area contributed by atoms with Gasteiger partial charge in [0.25, 0.3) is 5.69 Å². The zero-order valence-electron chi connectivity index (χ0n) is 81.1. The first kappa shape index (κ1) is 104. The fourth-order valence-electron chi connectivity index (χ4n) is 16.6. The van der Waals surface area contributed by atoms with E-state index in [9.17, 15) is 49.5 Å². The van der Waals surface area contributed by atoms with Crippen LogP contribution in [0.5, 0.6) is 5.75 Å². The van der Waals surface area contributed by atoms with Crippen LogP contribution in [0, 0.1) is 37.7 Å². The maximum Gasteiger partial charge on any atom is 0.270 e. The van der Waals surface area contributed by atoms with Crippen LogP contribution in [-0.2, 0) is 30.4 Å². The van der Waals surface area contributed by atoms with Gasteiger partial charge in [-0.25, -0.2) is 4.98 Å². The van der Waals surface area contributed by atoms with Gasteiger partial charge in [-0.05, 0) is 286 Å². The Morgan fingerprint density at radius 1 is 0.378 bits per heavy atom. The number of ether oxygens (including phenoxy) is 1. The summed E-state index contributed by atoms with van der Waals surface area (Å²) in [7, 11) is 1.62. The van der Waals surface area contributed by atoms with Crippen molar-refractivity contribution in [2.24, 2.45) is 51.1 Å². The molecule has 0 amide bonds. The van der Waals surface area contributed by atoms with Gasteiger partial charge < -0.3 is 14.6 Å². The fraction of sp³-hybridized carbons (Fsp3) is 0.145. The van der Waals surface area contributed by atoms with Crippen molar-refractivity contribution < 1.29 is 48.6 Å². The Bertz CT molecular complexity index is 8400. The number of hydrogen-bond acceptors (Lipinski definition) is 29.